The number of alkyl halides is 1. The van der Waals surface area contributed by atoms with Gasteiger partial charge in [-0.3, -0.25) is 0 Å². The lowest BCUT2D eigenvalue weighted by atomic mass is 10.0. The first-order chi connectivity index (χ1) is 18.3. The van der Waals surface area contributed by atoms with Crippen LogP contribution in [0, 0.1) is 0 Å². The highest BCUT2D eigenvalue weighted by molar-refractivity contribution is 6.17. The summed E-state index contributed by atoms with van der Waals surface area (Å²) in [6.45, 7) is 5.75. The molecule has 0 amide bonds. The van der Waals surface area contributed by atoms with Crippen LogP contribution in [-0.2, 0) is 6.54 Å². The van der Waals surface area contributed by atoms with Crippen molar-refractivity contribution in [2.45, 2.75) is 187 Å². The molecule has 0 bridgehead atoms. The number of rotatable bonds is 27. The van der Waals surface area contributed by atoms with Crippen molar-refractivity contribution >= 4 is 11.6 Å². The van der Waals surface area contributed by atoms with Crippen LogP contribution in [0.2, 0.25) is 0 Å². The highest BCUT2D eigenvalue weighted by atomic mass is 35.5. The predicted molar refractivity (Wildman–Crippen MR) is 169 cm³/mol. The van der Waals surface area contributed by atoms with E-state index in [1.165, 1.54) is 173 Å². The van der Waals surface area contributed by atoms with Crippen molar-refractivity contribution in [2.24, 2.45) is 0 Å². The second-order valence-electron chi connectivity index (χ2n) is 11.3. The van der Waals surface area contributed by atoms with Gasteiger partial charge in [0.1, 0.15) is 6.54 Å². The number of hydrogen-bond donors (Lipinski definition) is 0. The lowest BCUT2D eigenvalue weighted by Gasteiger charge is -2.02. The zero-order valence-corrected chi connectivity index (χ0v) is 27.4. The minimum Gasteiger partial charge on any atom is -1.00 e. The van der Waals surface area contributed by atoms with Crippen molar-refractivity contribution < 1.29 is 17.0 Å². The molecule has 1 rings (SSSR count). The van der Waals surface area contributed by atoms with E-state index >= 15 is 0 Å². The van der Waals surface area contributed by atoms with Crippen molar-refractivity contribution in [2.75, 3.05) is 5.88 Å². The Labute approximate surface area is 251 Å². The van der Waals surface area contributed by atoms with Crippen molar-refractivity contribution in [3.8, 4) is 0 Å². The molecule has 226 valence electrons. The number of nitrogens with zero attached hydrogens (tertiary/aromatic N) is 1. The maximum atomic E-state index is 5.62. The van der Waals surface area contributed by atoms with E-state index < -0.39 is 0 Å². The smallest absolute Gasteiger partial charge is 0.168 e. The van der Waals surface area contributed by atoms with Gasteiger partial charge in [-0.05, 0) is 12.8 Å². The zero-order valence-electron chi connectivity index (χ0n) is 25.9. The molecular weight excluding hydrogens is 505 g/mol. The monoisotopic (exact) mass is 571 g/mol. The van der Waals surface area contributed by atoms with E-state index in [9.17, 15) is 0 Å². The Hall–Kier alpha value is -0.270. The average Bonchev–Trinajstić information content (AvgIpc) is 2.93. The fourth-order valence-electron chi connectivity index (χ4n) is 5.01. The van der Waals surface area contributed by atoms with Gasteiger partial charge < -0.3 is 12.4 Å². The van der Waals surface area contributed by atoms with Crippen LogP contribution in [0.5, 0.6) is 0 Å². The summed E-state index contributed by atoms with van der Waals surface area (Å²) in [5, 5.41) is 0. The van der Waals surface area contributed by atoms with Gasteiger partial charge in [-0.1, -0.05) is 168 Å². The molecule has 0 aliphatic rings. The Bertz CT molecular complexity index is 496. The minimum absolute atomic E-state index is 0. The summed E-state index contributed by atoms with van der Waals surface area (Å²) in [7, 11) is 0. The highest BCUT2D eigenvalue weighted by Crippen LogP contribution is 2.13. The molecule has 0 fully saturated rings. The van der Waals surface area contributed by atoms with Crippen LogP contribution in [0.25, 0.3) is 0 Å². The van der Waals surface area contributed by atoms with Gasteiger partial charge in [-0.15, -0.1) is 11.6 Å². The molecule has 0 unspecified atom stereocenters. The summed E-state index contributed by atoms with van der Waals surface area (Å²) in [6.07, 6.45) is 41.3. The molecule has 1 aromatic heterocycles. The number of halogens is 2. The first-order valence-electron chi connectivity index (χ1n) is 16.8. The lowest BCUT2D eigenvalue weighted by molar-refractivity contribution is -0.697. The molecule has 3 heteroatoms. The van der Waals surface area contributed by atoms with Gasteiger partial charge in [-0.2, -0.15) is 0 Å². The molecule has 0 saturated heterocycles. The SMILES string of the molecule is CCCCCCCCCCCCCCCC[n+]1ccccc1.CCCCCCCCCCCCCCCl.[Cl-]. The second kappa shape index (κ2) is 36.7. The summed E-state index contributed by atoms with van der Waals surface area (Å²) in [4.78, 5) is 0. The largest absolute Gasteiger partial charge is 1.00 e. The van der Waals surface area contributed by atoms with Crippen molar-refractivity contribution in [1.82, 2.24) is 0 Å². The summed E-state index contributed by atoms with van der Waals surface area (Å²) in [5.41, 5.74) is 0. The quantitative estimate of drug-likeness (QED) is 0.0562. The van der Waals surface area contributed by atoms with Gasteiger partial charge in [0.2, 0.25) is 0 Å². The molecule has 0 aliphatic heterocycles. The molecule has 0 atom stereocenters. The minimum atomic E-state index is 0. The third kappa shape index (κ3) is 33.8. The van der Waals surface area contributed by atoms with Crippen LogP contribution >= 0.6 is 11.6 Å². The third-order valence-corrected chi connectivity index (χ3v) is 7.80. The van der Waals surface area contributed by atoms with Gasteiger partial charge in [-0.25, -0.2) is 4.57 Å². The molecular formula is C35H67Cl2N. The Balaban J connectivity index is 0. The normalized spacial score (nSPS) is 10.6. The zero-order chi connectivity index (χ0) is 26.9. The molecule has 0 N–H and O–H groups in total. The molecule has 0 saturated carbocycles. The Kier molecular flexibility index (Phi) is 38.5. The van der Waals surface area contributed by atoms with Crippen LogP contribution in [0.15, 0.2) is 30.6 Å². The standard InChI is InChI=1S/C21H38N.C14H29Cl.ClH/c1-2-3-4-5-6-7-8-9-10-11-12-13-14-16-19-22-20-17-15-18-21-22;1-2-3-4-5-6-7-8-9-10-11-12-13-14-15;/h15,17-18,20-21H,2-14,16,19H2,1H3;2-14H2,1H3;1H/q+1;;/p-1. The lowest BCUT2D eigenvalue weighted by Crippen LogP contribution is -3.00. The first-order valence-corrected chi connectivity index (χ1v) is 17.4. The highest BCUT2D eigenvalue weighted by Gasteiger charge is 1.98. The van der Waals surface area contributed by atoms with Gasteiger partial charge in [0, 0.05) is 24.4 Å². The third-order valence-electron chi connectivity index (χ3n) is 7.53. The van der Waals surface area contributed by atoms with Crippen LogP contribution < -0.4 is 17.0 Å². The molecule has 1 heterocycles. The molecule has 1 nitrogen and oxygen atoms in total. The van der Waals surface area contributed by atoms with E-state index in [0.717, 1.165) is 5.88 Å². The first kappa shape index (κ1) is 39.9. The molecule has 0 aliphatic carbocycles. The molecule has 0 radical (unpaired) electrons. The van der Waals surface area contributed by atoms with Crippen LogP contribution in [0.1, 0.15) is 181 Å². The fourth-order valence-corrected chi connectivity index (χ4v) is 5.20. The number of unbranched alkanes of at least 4 members (excludes halogenated alkanes) is 24. The summed E-state index contributed by atoms with van der Waals surface area (Å²) < 4.78 is 2.29. The number of pyridine rings is 1. The summed E-state index contributed by atoms with van der Waals surface area (Å²) in [5.74, 6) is 0.845. The topological polar surface area (TPSA) is 3.88 Å². The van der Waals surface area contributed by atoms with E-state index in [0.29, 0.717) is 0 Å². The number of aromatic nitrogens is 1. The van der Waals surface area contributed by atoms with Gasteiger partial charge in [0.15, 0.2) is 12.4 Å². The maximum Gasteiger partial charge on any atom is 0.168 e. The summed E-state index contributed by atoms with van der Waals surface area (Å²) >= 11 is 5.62. The van der Waals surface area contributed by atoms with Crippen molar-refractivity contribution in [1.29, 1.82) is 0 Å². The van der Waals surface area contributed by atoms with E-state index in [1.807, 2.05) is 0 Å². The fraction of sp³-hybridized carbons (Fsp3) is 0.857. The van der Waals surface area contributed by atoms with Gasteiger partial charge >= 0.3 is 0 Å². The number of aryl methyl sites for hydroxylation is 1. The second-order valence-corrected chi connectivity index (χ2v) is 11.7. The van der Waals surface area contributed by atoms with Gasteiger partial charge in [0.05, 0.1) is 0 Å². The van der Waals surface area contributed by atoms with Crippen LogP contribution in [0.4, 0.5) is 0 Å². The molecule has 38 heavy (non-hydrogen) atoms. The van der Waals surface area contributed by atoms with Crippen LogP contribution in [0.3, 0.4) is 0 Å². The Morgan fingerprint density at radius 2 is 0.684 bits per heavy atom. The summed E-state index contributed by atoms with van der Waals surface area (Å²) in [6, 6.07) is 6.31. The Morgan fingerprint density at radius 3 is 1.00 bits per heavy atom. The van der Waals surface area contributed by atoms with E-state index in [-0.39, 0.29) is 12.4 Å². The number of hydrogen-bond acceptors (Lipinski definition) is 0. The van der Waals surface area contributed by atoms with Crippen molar-refractivity contribution in [3.05, 3.63) is 30.6 Å². The predicted octanol–water partition coefficient (Wildman–Crippen LogP) is 9.39. The van der Waals surface area contributed by atoms with E-state index in [4.69, 9.17) is 11.6 Å². The van der Waals surface area contributed by atoms with E-state index in [1.54, 1.807) is 0 Å². The average molecular weight is 573 g/mol. The molecule has 0 spiro atoms. The molecule has 1 aromatic rings. The van der Waals surface area contributed by atoms with E-state index in [2.05, 4.69) is 49.0 Å². The molecule has 0 aromatic carbocycles. The maximum absolute atomic E-state index is 5.62. The van der Waals surface area contributed by atoms with Gasteiger partial charge in [0.25, 0.3) is 0 Å². The van der Waals surface area contributed by atoms with Crippen LogP contribution in [-0.4, -0.2) is 5.88 Å². The Morgan fingerprint density at radius 1 is 0.395 bits per heavy atom. The van der Waals surface area contributed by atoms with Crippen molar-refractivity contribution in [3.63, 3.8) is 0 Å².